The van der Waals surface area contributed by atoms with Crippen LogP contribution in [0.4, 0.5) is 0 Å². The van der Waals surface area contributed by atoms with E-state index in [2.05, 4.69) is 6.92 Å². The molecule has 2 aliphatic rings. The highest BCUT2D eigenvalue weighted by Crippen LogP contribution is 2.62. The molecule has 1 amide bonds. The van der Waals surface area contributed by atoms with E-state index >= 15 is 0 Å². The third kappa shape index (κ3) is 4.12. The topological polar surface area (TPSA) is 65.1 Å². The van der Waals surface area contributed by atoms with E-state index in [1.54, 1.807) is 12.0 Å². The number of methoxy groups -OCH3 is 1. The van der Waals surface area contributed by atoms with Crippen LogP contribution < -0.4 is 4.74 Å². The largest absolute Gasteiger partial charge is 0.497 e. The highest BCUT2D eigenvalue weighted by molar-refractivity contribution is 6.03. The van der Waals surface area contributed by atoms with Crippen LogP contribution >= 0.6 is 0 Å². The summed E-state index contributed by atoms with van der Waals surface area (Å²) < 4.78 is 17.3. The Labute approximate surface area is 208 Å². The summed E-state index contributed by atoms with van der Waals surface area (Å²) in [5.74, 6) is 0.324. The van der Waals surface area contributed by atoms with E-state index in [1.807, 2.05) is 68.4 Å². The van der Waals surface area contributed by atoms with E-state index in [0.717, 1.165) is 42.6 Å². The zero-order valence-corrected chi connectivity index (χ0v) is 21.3. The van der Waals surface area contributed by atoms with E-state index in [9.17, 15) is 9.59 Å². The standard InChI is InChI=1S/C29H37NO5/c1-5-6-7-11-18-27(2)25(31)30(19-22-14-16-24(33-4)17-15-22)29(26(32)35-28(27,29)3)21-34-20-23-12-9-8-10-13-23/h8-10,12-17H,5-7,11,18-21H2,1-4H3. The molecule has 6 nitrogen and oxygen atoms in total. The summed E-state index contributed by atoms with van der Waals surface area (Å²) in [6, 6.07) is 17.5. The molecule has 2 aromatic carbocycles. The Kier molecular flexibility index (Phi) is 7.22. The minimum Gasteiger partial charge on any atom is -0.497 e. The number of unbranched alkanes of at least 4 members (excludes halogenated alkanes) is 3. The molecule has 6 heteroatoms. The van der Waals surface area contributed by atoms with Crippen molar-refractivity contribution in [3.63, 3.8) is 0 Å². The van der Waals surface area contributed by atoms with Gasteiger partial charge in [-0.05, 0) is 43.5 Å². The number of rotatable bonds is 12. The van der Waals surface area contributed by atoms with E-state index in [-0.39, 0.29) is 18.5 Å². The number of hydrogen-bond donors (Lipinski definition) is 0. The van der Waals surface area contributed by atoms with Crippen molar-refractivity contribution in [3.8, 4) is 5.75 Å². The zero-order valence-electron chi connectivity index (χ0n) is 21.3. The monoisotopic (exact) mass is 479 g/mol. The molecule has 0 saturated carbocycles. The third-order valence-electron chi connectivity index (χ3n) is 8.11. The van der Waals surface area contributed by atoms with Crippen molar-refractivity contribution in [1.82, 2.24) is 4.90 Å². The van der Waals surface area contributed by atoms with Crippen molar-refractivity contribution in [2.75, 3.05) is 13.7 Å². The molecule has 2 aromatic rings. The summed E-state index contributed by atoms with van der Waals surface area (Å²) in [7, 11) is 1.62. The smallest absolute Gasteiger partial charge is 0.339 e. The second-order valence-electron chi connectivity index (χ2n) is 10.1. The molecule has 0 radical (unpaired) electrons. The van der Waals surface area contributed by atoms with Gasteiger partial charge in [-0.3, -0.25) is 4.79 Å². The number of ether oxygens (including phenoxy) is 3. The predicted molar refractivity (Wildman–Crippen MR) is 134 cm³/mol. The van der Waals surface area contributed by atoms with Gasteiger partial charge in [0, 0.05) is 6.54 Å². The average molecular weight is 480 g/mol. The molecule has 0 bridgehead atoms. The van der Waals surface area contributed by atoms with Crippen LogP contribution in [-0.4, -0.2) is 41.6 Å². The first kappa shape index (κ1) is 25.2. The first-order valence-electron chi connectivity index (χ1n) is 12.6. The molecule has 4 rings (SSSR count). The Bertz CT molecular complexity index is 1040. The number of amides is 1. The molecule has 2 heterocycles. The SMILES string of the molecule is CCCCCCC1(C)C(=O)N(Cc2ccc(OC)cc2)C2(COCc3ccccc3)C(=O)OC12C. The Morgan fingerprint density at radius 3 is 2.26 bits per heavy atom. The number of carbonyl (C=O) groups is 2. The number of esters is 1. The minimum atomic E-state index is -1.15. The van der Waals surface area contributed by atoms with Gasteiger partial charge in [-0.1, -0.05) is 75.1 Å². The van der Waals surface area contributed by atoms with Gasteiger partial charge in [0.05, 0.1) is 25.7 Å². The maximum atomic E-state index is 14.1. The second-order valence-corrected chi connectivity index (χ2v) is 10.1. The maximum absolute atomic E-state index is 14.1. The summed E-state index contributed by atoms with van der Waals surface area (Å²) in [5, 5.41) is 0. The lowest BCUT2D eigenvalue weighted by molar-refractivity contribution is -0.253. The zero-order chi connectivity index (χ0) is 25.1. The molecule has 2 saturated heterocycles. The first-order chi connectivity index (χ1) is 16.8. The quantitative estimate of drug-likeness (QED) is 0.306. The number of benzene rings is 2. The van der Waals surface area contributed by atoms with Crippen molar-refractivity contribution >= 4 is 11.9 Å². The van der Waals surface area contributed by atoms with Gasteiger partial charge in [-0.25, -0.2) is 4.79 Å². The number of nitrogens with zero attached hydrogens (tertiary/aromatic N) is 1. The number of hydrogen-bond acceptors (Lipinski definition) is 5. The molecule has 0 N–H and O–H groups in total. The van der Waals surface area contributed by atoms with Crippen LogP contribution in [0.1, 0.15) is 64.0 Å². The highest BCUT2D eigenvalue weighted by Gasteiger charge is 2.83. The summed E-state index contributed by atoms with van der Waals surface area (Å²) in [6.45, 7) is 6.84. The van der Waals surface area contributed by atoms with Crippen LogP contribution in [0.3, 0.4) is 0 Å². The van der Waals surface area contributed by atoms with E-state index in [1.165, 1.54) is 0 Å². The molecule has 2 aliphatic heterocycles. The van der Waals surface area contributed by atoms with Gasteiger partial charge in [0.15, 0.2) is 5.60 Å². The fraction of sp³-hybridized carbons (Fsp3) is 0.517. The first-order valence-corrected chi connectivity index (χ1v) is 12.6. The lowest BCUT2D eigenvalue weighted by Crippen LogP contribution is -2.77. The van der Waals surface area contributed by atoms with Crippen LogP contribution in [0.25, 0.3) is 0 Å². The summed E-state index contributed by atoms with van der Waals surface area (Å²) >= 11 is 0. The maximum Gasteiger partial charge on any atom is 0.339 e. The highest BCUT2D eigenvalue weighted by atomic mass is 16.6. The van der Waals surface area contributed by atoms with Gasteiger partial charge < -0.3 is 19.1 Å². The van der Waals surface area contributed by atoms with E-state index in [0.29, 0.717) is 19.6 Å². The molecule has 188 valence electrons. The number of carbonyl (C=O) groups excluding carboxylic acids is 2. The Morgan fingerprint density at radius 1 is 0.914 bits per heavy atom. The normalized spacial score (nSPS) is 27.4. The molecule has 3 atom stereocenters. The fourth-order valence-electron chi connectivity index (χ4n) is 5.65. The third-order valence-corrected chi connectivity index (χ3v) is 8.11. The van der Waals surface area contributed by atoms with Crippen LogP contribution in [0, 0.1) is 5.41 Å². The van der Waals surface area contributed by atoms with Crippen molar-refractivity contribution in [3.05, 3.63) is 65.7 Å². The second kappa shape index (κ2) is 10.0. The summed E-state index contributed by atoms with van der Waals surface area (Å²) in [5.41, 5.74) is -0.968. The molecule has 0 aliphatic carbocycles. The molecular formula is C29H37NO5. The van der Waals surface area contributed by atoms with E-state index < -0.39 is 16.6 Å². The lowest BCUT2D eigenvalue weighted by Gasteiger charge is -2.56. The molecule has 0 spiro atoms. The average Bonchev–Trinajstić information content (AvgIpc) is 2.97. The van der Waals surface area contributed by atoms with Crippen molar-refractivity contribution in [2.45, 2.75) is 77.2 Å². The van der Waals surface area contributed by atoms with Crippen LogP contribution in [-0.2, 0) is 32.2 Å². The Hall–Kier alpha value is -2.86. The molecule has 35 heavy (non-hydrogen) atoms. The van der Waals surface area contributed by atoms with Crippen molar-refractivity contribution < 1.29 is 23.8 Å². The van der Waals surface area contributed by atoms with Crippen molar-refractivity contribution in [1.29, 1.82) is 0 Å². The molecule has 3 unspecified atom stereocenters. The van der Waals surface area contributed by atoms with Gasteiger partial charge in [-0.15, -0.1) is 0 Å². The van der Waals surface area contributed by atoms with Gasteiger partial charge >= 0.3 is 5.97 Å². The van der Waals surface area contributed by atoms with Gasteiger partial charge in [0.1, 0.15) is 5.75 Å². The Balaban J connectivity index is 1.64. The van der Waals surface area contributed by atoms with Crippen LogP contribution in [0.2, 0.25) is 0 Å². The van der Waals surface area contributed by atoms with E-state index in [4.69, 9.17) is 14.2 Å². The Morgan fingerprint density at radius 2 is 1.63 bits per heavy atom. The van der Waals surface area contributed by atoms with Crippen LogP contribution in [0.15, 0.2) is 54.6 Å². The summed E-state index contributed by atoms with van der Waals surface area (Å²) in [6.07, 6.45) is 4.90. The molecule has 0 aromatic heterocycles. The lowest BCUT2D eigenvalue weighted by atomic mass is 9.62. The fourth-order valence-corrected chi connectivity index (χ4v) is 5.65. The number of fused-ring (bicyclic) bond motifs is 1. The van der Waals surface area contributed by atoms with Crippen LogP contribution in [0.5, 0.6) is 5.75 Å². The number of likely N-dealkylation sites (tertiary alicyclic amines) is 1. The molecular weight excluding hydrogens is 442 g/mol. The predicted octanol–water partition coefficient (Wildman–Crippen LogP) is 5.29. The summed E-state index contributed by atoms with van der Waals surface area (Å²) in [4.78, 5) is 29.1. The van der Waals surface area contributed by atoms with Crippen molar-refractivity contribution in [2.24, 2.45) is 5.41 Å². The molecule has 2 fully saturated rings. The van der Waals surface area contributed by atoms with Gasteiger partial charge in [0.2, 0.25) is 11.4 Å². The minimum absolute atomic E-state index is 0.0403. The van der Waals surface area contributed by atoms with Gasteiger partial charge in [0.25, 0.3) is 0 Å². The van der Waals surface area contributed by atoms with Gasteiger partial charge in [-0.2, -0.15) is 0 Å².